The van der Waals surface area contributed by atoms with Crippen LogP contribution < -0.4 is 10.6 Å². The number of methoxy groups -OCH3 is 1. The summed E-state index contributed by atoms with van der Waals surface area (Å²) in [7, 11) is 3.51. The lowest BCUT2D eigenvalue weighted by Crippen LogP contribution is -2.54. The number of hydrogen-bond acceptors (Lipinski definition) is 4. The fourth-order valence-corrected chi connectivity index (χ4v) is 6.03. The monoisotopic (exact) mass is 509 g/mol. The average Bonchev–Trinajstić information content (AvgIpc) is 2.88. The minimum Gasteiger partial charge on any atom is -0.385 e. The van der Waals surface area contributed by atoms with E-state index in [-0.39, 0.29) is 18.0 Å². The van der Waals surface area contributed by atoms with Crippen molar-refractivity contribution in [3.05, 3.63) is 35.6 Å². The number of piperidine rings is 1. The van der Waals surface area contributed by atoms with Crippen molar-refractivity contribution in [2.45, 2.75) is 82.0 Å². The zero-order valence-corrected chi connectivity index (χ0v) is 22.0. The molecule has 1 aliphatic heterocycles. The van der Waals surface area contributed by atoms with Crippen LogP contribution in [0.5, 0.6) is 0 Å². The van der Waals surface area contributed by atoms with Crippen LogP contribution in [0.2, 0.25) is 0 Å². The van der Waals surface area contributed by atoms with Gasteiger partial charge in [0.25, 0.3) is 0 Å². The number of amides is 2. The van der Waals surface area contributed by atoms with Gasteiger partial charge >= 0.3 is 6.03 Å². The highest BCUT2D eigenvalue weighted by molar-refractivity contribution is 5.74. The molecule has 0 spiro atoms. The Morgan fingerprint density at radius 2 is 1.97 bits per heavy atom. The molecule has 6 nitrogen and oxygen atoms in total. The van der Waals surface area contributed by atoms with Crippen LogP contribution in [0.4, 0.5) is 13.6 Å². The Balaban J connectivity index is 1.67. The molecule has 1 saturated heterocycles. The summed E-state index contributed by atoms with van der Waals surface area (Å²) in [6.07, 6.45) is 6.46. The highest BCUT2D eigenvalue weighted by Crippen LogP contribution is 2.41. The van der Waals surface area contributed by atoms with Crippen molar-refractivity contribution in [1.29, 1.82) is 0 Å². The molecule has 0 aromatic heterocycles. The minimum absolute atomic E-state index is 0.0384. The molecule has 36 heavy (non-hydrogen) atoms. The molecule has 204 valence electrons. The third kappa shape index (κ3) is 7.86. The molecule has 0 unspecified atom stereocenters. The van der Waals surface area contributed by atoms with Crippen LogP contribution in [0.3, 0.4) is 0 Å². The summed E-state index contributed by atoms with van der Waals surface area (Å²) in [5, 5.41) is 18.3. The van der Waals surface area contributed by atoms with Gasteiger partial charge in [0.15, 0.2) is 0 Å². The van der Waals surface area contributed by atoms with E-state index in [1.54, 1.807) is 30.2 Å². The number of carbonyl (C=O) groups excluding carboxylic acids is 1. The minimum atomic E-state index is -1.35. The number of alkyl halides is 1. The lowest BCUT2D eigenvalue weighted by molar-refractivity contribution is -0.0587. The molecular formula is C28H45F2N3O3. The summed E-state index contributed by atoms with van der Waals surface area (Å²) in [4.78, 5) is 15.1. The number of carbonyl (C=O) groups is 1. The van der Waals surface area contributed by atoms with Gasteiger partial charge in [-0.3, -0.25) is 0 Å². The quantitative estimate of drug-likeness (QED) is 0.355. The number of urea groups is 1. The van der Waals surface area contributed by atoms with E-state index in [0.717, 1.165) is 38.5 Å². The molecule has 0 radical (unpaired) electrons. The van der Waals surface area contributed by atoms with E-state index in [4.69, 9.17) is 4.74 Å². The summed E-state index contributed by atoms with van der Waals surface area (Å²) in [5.41, 5.74) is -1.04. The second-order valence-corrected chi connectivity index (χ2v) is 10.7. The molecule has 2 fully saturated rings. The molecule has 1 aromatic rings. The third-order valence-corrected chi connectivity index (χ3v) is 8.05. The molecule has 1 saturated carbocycles. The van der Waals surface area contributed by atoms with Crippen LogP contribution >= 0.6 is 0 Å². The average molecular weight is 510 g/mol. The predicted molar refractivity (Wildman–Crippen MR) is 138 cm³/mol. The van der Waals surface area contributed by atoms with Crippen molar-refractivity contribution in [2.24, 2.45) is 11.8 Å². The number of benzene rings is 1. The lowest BCUT2D eigenvalue weighted by atomic mass is 9.74. The van der Waals surface area contributed by atoms with Gasteiger partial charge in [0.2, 0.25) is 0 Å². The number of unbranched alkanes of at least 4 members (excludes halogenated alkanes) is 1. The fourth-order valence-electron chi connectivity index (χ4n) is 6.03. The van der Waals surface area contributed by atoms with E-state index >= 15 is 0 Å². The number of hydrogen-bond donors (Lipinski definition) is 3. The Kier molecular flexibility index (Phi) is 11.4. The van der Waals surface area contributed by atoms with Crippen molar-refractivity contribution in [3.8, 4) is 0 Å². The molecular weight excluding hydrogens is 464 g/mol. The second kappa shape index (κ2) is 14.2. The molecule has 1 aliphatic carbocycles. The third-order valence-electron chi connectivity index (χ3n) is 8.05. The van der Waals surface area contributed by atoms with E-state index in [1.807, 2.05) is 7.05 Å². The Labute approximate surface area is 215 Å². The Morgan fingerprint density at radius 1 is 1.22 bits per heavy atom. The van der Waals surface area contributed by atoms with Gasteiger partial charge in [-0.2, -0.15) is 0 Å². The number of nitrogens with zero attached hydrogens (tertiary/aromatic N) is 1. The summed E-state index contributed by atoms with van der Waals surface area (Å²) in [6.45, 7) is 2.22. The molecule has 2 aliphatic rings. The SMILES string of the molecule is CNC[C@H](C[C@H]1CC[C@@H](F)CC1)NC(=O)N1CCC[C@@H]([C@@](O)(CCCCOC)c2ccccc2F)C1. The molecule has 8 heteroatoms. The molecule has 3 atom stereocenters. The topological polar surface area (TPSA) is 73.8 Å². The van der Waals surface area contributed by atoms with Gasteiger partial charge in [-0.05, 0) is 83.2 Å². The van der Waals surface area contributed by atoms with E-state index in [0.29, 0.717) is 63.4 Å². The van der Waals surface area contributed by atoms with Crippen molar-refractivity contribution in [2.75, 3.05) is 40.4 Å². The highest BCUT2D eigenvalue weighted by atomic mass is 19.1. The maximum Gasteiger partial charge on any atom is 0.317 e. The molecule has 2 amide bonds. The van der Waals surface area contributed by atoms with Gasteiger partial charge in [0.1, 0.15) is 12.0 Å². The van der Waals surface area contributed by atoms with Gasteiger partial charge in [-0.1, -0.05) is 18.2 Å². The van der Waals surface area contributed by atoms with Crippen molar-refractivity contribution < 1.29 is 23.4 Å². The smallest absolute Gasteiger partial charge is 0.317 e. The van der Waals surface area contributed by atoms with Gasteiger partial charge in [0.05, 0.1) is 5.60 Å². The summed E-state index contributed by atoms with van der Waals surface area (Å²) >= 11 is 0. The summed E-state index contributed by atoms with van der Waals surface area (Å²) in [5.74, 6) is -0.257. The number of ether oxygens (including phenoxy) is 1. The molecule has 1 heterocycles. The van der Waals surface area contributed by atoms with E-state index in [9.17, 15) is 18.7 Å². The Morgan fingerprint density at radius 3 is 2.67 bits per heavy atom. The normalized spacial score (nSPS) is 25.2. The molecule has 0 bridgehead atoms. The van der Waals surface area contributed by atoms with E-state index in [1.165, 1.54) is 6.07 Å². The van der Waals surface area contributed by atoms with Gasteiger partial charge in [-0.15, -0.1) is 0 Å². The first-order valence-corrected chi connectivity index (χ1v) is 13.7. The molecule has 1 aromatic carbocycles. The summed E-state index contributed by atoms with van der Waals surface area (Å²) < 4.78 is 33.6. The standard InChI is InChI=1S/C28H45F2N3O3/c1-31-19-24(18-21-11-13-23(29)14-12-21)32-27(34)33-16-7-8-22(20-33)28(35,15-5-6-17-36-2)25-9-3-4-10-26(25)30/h3-4,9-10,21-24,31,35H,5-8,11-20H2,1-2H3,(H,32,34)/t21-,22-,23+,24+,28+/m1/s1. The molecule has 3 N–H and O–H groups in total. The molecule has 3 rings (SSSR count). The predicted octanol–water partition coefficient (Wildman–Crippen LogP) is 4.76. The summed E-state index contributed by atoms with van der Waals surface area (Å²) in [6, 6.07) is 6.26. The first kappa shape index (κ1) is 28.8. The van der Waals surface area contributed by atoms with Crippen LogP contribution in [0.25, 0.3) is 0 Å². The van der Waals surface area contributed by atoms with Crippen molar-refractivity contribution >= 4 is 6.03 Å². The maximum atomic E-state index is 14.9. The zero-order chi connectivity index (χ0) is 26.0. The Bertz CT molecular complexity index is 806. The first-order valence-electron chi connectivity index (χ1n) is 13.7. The maximum absolute atomic E-state index is 14.9. The van der Waals surface area contributed by atoms with Crippen LogP contribution in [0.15, 0.2) is 24.3 Å². The number of likely N-dealkylation sites (N-methyl/N-ethyl adjacent to an activating group) is 1. The fraction of sp³-hybridized carbons (Fsp3) is 0.750. The number of halogens is 2. The van der Waals surface area contributed by atoms with Gasteiger partial charge < -0.3 is 25.4 Å². The lowest BCUT2D eigenvalue weighted by Gasteiger charge is -2.43. The highest BCUT2D eigenvalue weighted by Gasteiger charge is 2.42. The van der Waals surface area contributed by atoms with Crippen LogP contribution in [0.1, 0.15) is 69.8 Å². The first-order chi connectivity index (χ1) is 17.4. The number of rotatable bonds is 12. The number of nitrogens with one attached hydrogen (secondary N) is 2. The van der Waals surface area contributed by atoms with Crippen molar-refractivity contribution in [3.63, 3.8) is 0 Å². The van der Waals surface area contributed by atoms with E-state index in [2.05, 4.69) is 10.6 Å². The zero-order valence-electron chi connectivity index (χ0n) is 22.0. The number of aliphatic hydroxyl groups is 1. The van der Waals surface area contributed by atoms with Crippen LogP contribution in [0, 0.1) is 17.7 Å². The van der Waals surface area contributed by atoms with Crippen LogP contribution in [-0.2, 0) is 10.3 Å². The number of likely N-dealkylation sites (tertiary alicyclic amines) is 1. The Hall–Kier alpha value is -1.77. The second-order valence-electron chi connectivity index (χ2n) is 10.7. The largest absolute Gasteiger partial charge is 0.385 e. The van der Waals surface area contributed by atoms with Gasteiger partial charge in [-0.25, -0.2) is 13.6 Å². The van der Waals surface area contributed by atoms with Gasteiger partial charge in [0, 0.05) is 50.9 Å². The van der Waals surface area contributed by atoms with E-state index < -0.39 is 17.6 Å². The van der Waals surface area contributed by atoms with Crippen molar-refractivity contribution in [1.82, 2.24) is 15.5 Å². The van der Waals surface area contributed by atoms with Crippen LogP contribution in [-0.4, -0.2) is 68.6 Å².